The predicted molar refractivity (Wildman–Crippen MR) is 90.9 cm³/mol. The van der Waals surface area contributed by atoms with E-state index in [1.807, 2.05) is 30.3 Å². The molecule has 0 bridgehead atoms. The summed E-state index contributed by atoms with van der Waals surface area (Å²) in [5.41, 5.74) is 1.37. The highest BCUT2D eigenvalue weighted by atomic mass is 127. The average Bonchev–Trinajstić information content (AvgIpc) is 2.49. The van der Waals surface area contributed by atoms with Crippen molar-refractivity contribution in [3.63, 3.8) is 0 Å². The van der Waals surface area contributed by atoms with Gasteiger partial charge in [-0.15, -0.1) is 0 Å². The summed E-state index contributed by atoms with van der Waals surface area (Å²) in [6, 6.07) is 15.6. The summed E-state index contributed by atoms with van der Waals surface area (Å²) in [6.45, 7) is 0.336. The zero-order valence-corrected chi connectivity index (χ0v) is 14.1. The third kappa shape index (κ3) is 4.19. The van der Waals surface area contributed by atoms with Crippen molar-refractivity contribution in [2.24, 2.45) is 0 Å². The molecular formula is C15H13IN2O2S. The lowest BCUT2D eigenvalue weighted by atomic mass is 10.2. The third-order valence-corrected chi connectivity index (χ3v) is 5.58. The molecule has 4 nitrogen and oxygen atoms in total. The summed E-state index contributed by atoms with van der Waals surface area (Å²) in [6.07, 6.45) is 0. The molecule has 0 aliphatic carbocycles. The standard InChI is InChI=1S/C15H13IN2O2S/c16-14-3-1-2-4-15(14)18-9-10-21(19,20)13-7-5-12(11-17)6-8-13/h1-8,18H,9-10H2. The van der Waals surface area contributed by atoms with Crippen LogP contribution >= 0.6 is 22.6 Å². The molecule has 0 saturated heterocycles. The zero-order chi connectivity index (χ0) is 15.3. The van der Waals surface area contributed by atoms with Crippen LogP contribution < -0.4 is 5.32 Å². The second-order valence-corrected chi connectivity index (χ2v) is 7.63. The molecule has 0 heterocycles. The molecule has 0 spiro atoms. The highest BCUT2D eigenvalue weighted by molar-refractivity contribution is 14.1. The van der Waals surface area contributed by atoms with Crippen molar-refractivity contribution in [2.75, 3.05) is 17.6 Å². The van der Waals surface area contributed by atoms with Crippen molar-refractivity contribution >= 4 is 38.1 Å². The Balaban J connectivity index is 2.01. The van der Waals surface area contributed by atoms with Crippen LogP contribution in [0.3, 0.4) is 0 Å². The number of hydrogen-bond donors (Lipinski definition) is 1. The van der Waals surface area contributed by atoms with Gasteiger partial charge in [-0.25, -0.2) is 8.42 Å². The highest BCUT2D eigenvalue weighted by Crippen LogP contribution is 2.17. The maximum absolute atomic E-state index is 12.2. The maximum Gasteiger partial charge on any atom is 0.180 e. The van der Waals surface area contributed by atoms with Crippen LogP contribution in [-0.4, -0.2) is 20.7 Å². The first-order chi connectivity index (χ1) is 10.0. The maximum atomic E-state index is 12.2. The van der Waals surface area contributed by atoms with E-state index in [2.05, 4.69) is 27.9 Å². The van der Waals surface area contributed by atoms with Gasteiger partial charge in [0, 0.05) is 15.8 Å². The Labute approximate surface area is 137 Å². The van der Waals surface area contributed by atoms with Gasteiger partial charge in [0.1, 0.15) is 0 Å². The van der Waals surface area contributed by atoms with Crippen molar-refractivity contribution in [1.82, 2.24) is 0 Å². The van der Waals surface area contributed by atoms with Crippen molar-refractivity contribution in [3.8, 4) is 6.07 Å². The van der Waals surface area contributed by atoms with Gasteiger partial charge in [-0.3, -0.25) is 0 Å². The molecule has 108 valence electrons. The Bertz CT molecular complexity index is 765. The molecule has 2 aromatic carbocycles. The molecule has 0 aliphatic heterocycles. The van der Waals surface area contributed by atoms with Crippen LogP contribution in [0.25, 0.3) is 0 Å². The lowest BCUT2D eigenvalue weighted by Crippen LogP contribution is -2.16. The first-order valence-electron chi connectivity index (χ1n) is 6.24. The van der Waals surface area contributed by atoms with Gasteiger partial charge in [-0.05, 0) is 59.0 Å². The molecular weight excluding hydrogens is 399 g/mol. The fourth-order valence-electron chi connectivity index (χ4n) is 1.78. The number of benzene rings is 2. The van der Waals surface area contributed by atoms with Crippen molar-refractivity contribution in [1.29, 1.82) is 5.26 Å². The molecule has 6 heteroatoms. The quantitative estimate of drug-likeness (QED) is 0.767. The minimum absolute atomic E-state index is 0.00384. The summed E-state index contributed by atoms with van der Waals surface area (Å²) in [4.78, 5) is 0.242. The molecule has 0 saturated carbocycles. The molecule has 21 heavy (non-hydrogen) atoms. The van der Waals surface area contributed by atoms with Crippen LogP contribution in [-0.2, 0) is 9.84 Å². The molecule has 0 unspecified atom stereocenters. The second kappa shape index (κ2) is 6.91. The number of nitrogens with zero attached hydrogens (tertiary/aromatic N) is 1. The van der Waals surface area contributed by atoms with Crippen LogP contribution in [0.1, 0.15) is 5.56 Å². The van der Waals surface area contributed by atoms with Gasteiger partial charge in [0.15, 0.2) is 9.84 Å². The Morgan fingerprint density at radius 3 is 2.38 bits per heavy atom. The molecule has 2 rings (SSSR count). The van der Waals surface area contributed by atoms with E-state index in [1.165, 1.54) is 24.3 Å². The number of sulfone groups is 1. The number of para-hydroxylation sites is 1. The second-order valence-electron chi connectivity index (χ2n) is 4.36. The minimum atomic E-state index is -3.34. The molecule has 0 aromatic heterocycles. The van der Waals surface area contributed by atoms with Gasteiger partial charge in [0.2, 0.25) is 0 Å². The first kappa shape index (κ1) is 15.8. The van der Waals surface area contributed by atoms with E-state index in [4.69, 9.17) is 5.26 Å². The van der Waals surface area contributed by atoms with Gasteiger partial charge in [0.25, 0.3) is 0 Å². The Kier molecular flexibility index (Phi) is 5.20. The smallest absolute Gasteiger partial charge is 0.180 e. The molecule has 2 aromatic rings. The summed E-state index contributed by atoms with van der Waals surface area (Å²) < 4.78 is 25.4. The zero-order valence-electron chi connectivity index (χ0n) is 11.1. The Hall–Kier alpha value is -1.59. The van der Waals surface area contributed by atoms with Crippen LogP contribution in [0.15, 0.2) is 53.4 Å². The first-order valence-corrected chi connectivity index (χ1v) is 8.97. The van der Waals surface area contributed by atoms with E-state index in [1.54, 1.807) is 0 Å². The lowest BCUT2D eigenvalue weighted by Gasteiger charge is -2.09. The van der Waals surface area contributed by atoms with Crippen LogP contribution in [0.5, 0.6) is 0 Å². The minimum Gasteiger partial charge on any atom is -0.383 e. The monoisotopic (exact) mass is 412 g/mol. The molecule has 0 radical (unpaired) electrons. The fourth-order valence-corrected chi connectivity index (χ4v) is 3.51. The van der Waals surface area contributed by atoms with Crippen molar-refractivity contribution in [3.05, 3.63) is 57.7 Å². The molecule has 0 atom stereocenters. The highest BCUT2D eigenvalue weighted by Gasteiger charge is 2.14. The van der Waals surface area contributed by atoms with Crippen molar-refractivity contribution in [2.45, 2.75) is 4.90 Å². The topological polar surface area (TPSA) is 70.0 Å². The number of nitriles is 1. The summed E-state index contributed by atoms with van der Waals surface area (Å²) >= 11 is 2.20. The predicted octanol–water partition coefficient (Wildman–Crippen LogP) is 3.05. The van der Waals surface area contributed by atoms with E-state index >= 15 is 0 Å². The largest absolute Gasteiger partial charge is 0.383 e. The van der Waals surface area contributed by atoms with Gasteiger partial charge in [-0.1, -0.05) is 12.1 Å². The summed E-state index contributed by atoms with van der Waals surface area (Å²) in [5.74, 6) is 0.00384. The van der Waals surface area contributed by atoms with E-state index < -0.39 is 9.84 Å². The average molecular weight is 412 g/mol. The SMILES string of the molecule is N#Cc1ccc(S(=O)(=O)CCNc2ccccc2I)cc1. The van der Waals surface area contributed by atoms with Crippen LogP contribution in [0, 0.1) is 14.9 Å². The Morgan fingerprint density at radius 2 is 1.76 bits per heavy atom. The van der Waals surface area contributed by atoms with Crippen LogP contribution in [0.2, 0.25) is 0 Å². The number of hydrogen-bond acceptors (Lipinski definition) is 4. The summed E-state index contributed by atoms with van der Waals surface area (Å²) in [5, 5.41) is 11.8. The van der Waals surface area contributed by atoms with E-state index in [0.29, 0.717) is 12.1 Å². The van der Waals surface area contributed by atoms with E-state index in [0.717, 1.165) is 9.26 Å². The van der Waals surface area contributed by atoms with E-state index in [9.17, 15) is 8.42 Å². The number of nitrogens with one attached hydrogen (secondary N) is 1. The van der Waals surface area contributed by atoms with Gasteiger partial charge >= 0.3 is 0 Å². The lowest BCUT2D eigenvalue weighted by molar-refractivity contribution is 0.596. The van der Waals surface area contributed by atoms with Crippen LogP contribution in [0.4, 0.5) is 5.69 Å². The number of halogens is 1. The third-order valence-electron chi connectivity index (χ3n) is 2.90. The van der Waals surface area contributed by atoms with E-state index in [-0.39, 0.29) is 10.6 Å². The number of anilines is 1. The molecule has 0 amide bonds. The number of rotatable bonds is 5. The Morgan fingerprint density at radius 1 is 1.10 bits per heavy atom. The normalized spacial score (nSPS) is 10.9. The molecule has 0 fully saturated rings. The molecule has 1 N–H and O–H groups in total. The fraction of sp³-hybridized carbons (Fsp3) is 0.133. The van der Waals surface area contributed by atoms with Gasteiger partial charge in [-0.2, -0.15) is 5.26 Å². The van der Waals surface area contributed by atoms with Gasteiger partial charge < -0.3 is 5.32 Å². The van der Waals surface area contributed by atoms with Crippen molar-refractivity contribution < 1.29 is 8.42 Å². The summed E-state index contributed by atoms with van der Waals surface area (Å²) in [7, 11) is -3.34. The van der Waals surface area contributed by atoms with Gasteiger partial charge in [0.05, 0.1) is 22.3 Å². The molecule has 0 aliphatic rings.